The van der Waals surface area contributed by atoms with Crippen molar-refractivity contribution in [3.63, 3.8) is 0 Å². The van der Waals surface area contributed by atoms with Gasteiger partial charge in [-0.2, -0.15) is 0 Å². The Balaban J connectivity index is 2.69. The van der Waals surface area contributed by atoms with Crippen molar-refractivity contribution in [1.29, 1.82) is 0 Å². The van der Waals surface area contributed by atoms with Crippen LogP contribution in [0.15, 0.2) is 30.3 Å². The first-order valence-electron chi connectivity index (χ1n) is 6.16. The molecule has 0 unspecified atom stereocenters. The topological polar surface area (TPSA) is 3.24 Å². The second kappa shape index (κ2) is 4.50. The third-order valence-corrected chi connectivity index (χ3v) is 3.51. The summed E-state index contributed by atoms with van der Waals surface area (Å²) >= 11 is 0. The van der Waals surface area contributed by atoms with E-state index < -0.39 is 0 Å². The Morgan fingerprint density at radius 2 is 1.59 bits per heavy atom. The summed E-state index contributed by atoms with van der Waals surface area (Å²) in [5.41, 5.74) is 4.09. The van der Waals surface area contributed by atoms with Crippen molar-refractivity contribution in [3.05, 3.63) is 47.0 Å². The monoisotopic (exact) mass is 227 g/mol. The predicted molar refractivity (Wildman–Crippen MR) is 75.5 cm³/mol. The first kappa shape index (κ1) is 12.1. The van der Waals surface area contributed by atoms with E-state index in [4.69, 9.17) is 0 Å². The number of rotatable bonds is 2. The lowest BCUT2D eigenvalue weighted by atomic mass is 9.95. The largest absolute Gasteiger partial charge is 0.303 e. The van der Waals surface area contributed by atoms with Crippen molar-refractivity contribution in [3.8, 4) is 0 Å². The summed E-state index contributed by atoms with van der Waals surface area (Å²) in [4.78, 5) is 2.26. The van der Waals surface area contributed by atoms with Crippen molar-refractivity contribution < 1.29 is 0 Å². The molecule has 2 aromatic carbocycles. The molecule has 0 heterocycles. The van der Waals surface area contributed by atoms with Gasteiger partial charge in [-0.3, -0.25) is 0 Å². The van der Waals surface area contributed by atoms with Gasteiger partial charge in [-0.05, 0) is 51.2 Å². The minimum Gasteiger partial charge on any atom is -0.303 e. The van der Waals surface area contributed by atoms with Gasteiger partial charge in [0, 0.05) is 6.04 Å². The minimum absolute atomic E-state index is 0.445. The Morgan fingerprint density at radius 3 is 2.24 bits per heavy atom. The fourth-order valence-electron chi connectivity index (χ4n) is 2.30. The average molecular weight is 227 g/mol. The zero-order chi connectivity index (χ0) is 12.6. The van der Waals surface area contributed by atoms with Crippen LogP contribution in [-0.2, 0) is 0 Å². The molecule has 0 saturated heterocycles. The van der Waals surface area contributed by atoms with Gasteiger partial charge >= 0.3 is 0 Å². The molecule has 0 N–H and O–H groups in total. The highest BCUT2D eigenvalue weighted by Gasteiger charge is 2.12. The van der Waals surface area contributed by atoms with Crippen LogP contribution in [0.4, 0.5) is 0 Å². The quantitative estimate of drug-likeness (QED) is 0.747. The number of benzene rings is 2. The van der Waals surface area contributed by atoms with Crippen LogP contribution >= 0.6 is 0 Å². The van der Waals surface area contributed by atoms with Gasteiger partial charge in [-0.15, -0.1) is 0 Å². The molecule has 0 aliphatic rings. The molecule has 0 aliphatic carbocycles. The van der Waals surface area contributed by atoms with E-state index in [1.54, 1.807) is 0 Å². The van der Waals surface area contributed by atoms with Crippen LogP contribution in [0.3, 0.4) is 0 Å². The summed E-state index contributed by atoms with van der Waals surface area (Å²) < 4.78 is 0. The fraction of sp³-hybridized carbons (Fsp3) is 0.375. The Morgan fingerprint density at radius 1 is 0.941 bits per heavy atom. The molecule has 0 bridgehead atoms. The zero-order valence-electron chi connectivity index (χ0n) is 11.4. The molecule has 1 heteroatoms. The molecule has 0 radical (unpaired) electrons. The van der Waals surface area contributed by atoms with E-state index in [9.17, 15) is 0 Å². The van der Waals surface area contributed by atoms with E-state index in [0.29, 0.717) is 6.04 Å². The Labute approximate surface area is 104 Å². The van der Waals surface area contributed by atoms with Gasteiger partial charge in [0.15, 0.2) is 0 Å². The van der Waals surface area contributed by atoms with E-state index in [-0.39, 0.29) is 0 Å². The van der Waals surface area contributed by atoms with Crippen LogP contribution in [0.25, 0.3) is 10.8 Å². The number of hydrogen-bond donors (Lipinski definition) is 0. The van der Waals surface area contributed by atoms with Crippen molar-refractivity contribution in [2.45, 2.75) is 26.8 Å². The Bertz CT molecular complexity index is 535. The molecule has 0 saturated carbocycles. The summed E-state index contributed by atoms with van der Waals surface area (Å²) in [6.07, 6.45) is 0. The van der Waals surface area contributed by atoms with Gasteiger partial charge in [-0.1, -0.05) is 41.5 Å². The van der Waals surface area contributed by atoms with Crippen molar-refractivity contribution in [2.75, 3.05) is 14.1 Å². The third-order valence-electron chi connectivity index (χ3n) is 3.51. The third kappa shape index (κ3) is 2.34. The molecule has 0 amide bonds. The number of hydrogen-bond acceptors (Lipinski definition) is 1. The zero-order valence-corrected chi connectivity index (χ0v) is 11.4. The van der Waals surface area contributed by atoms with Crippen molar-refractivity contribution in [1.82, 2.24) is 4.90 Å². The standard InChI is InChI=1S/C16H21N/c1-11-6-7-15-14(8-11)9-12(2)10-16(15)13(3)17(4)5/h6-10,13H,1-5H3/t13-/m1/s1. The van der Waals surface area contributed by atoms with Crippen LogP contribution in [0.2, 0.25) is 0 Å². The first-order chi connectivity index (χ1) is 7.99. The van der Waals surface area contributed by atoms with Gasteiger partial charge in [-0.25, -0.2) is 0 Å². The molecule has 0 aromatic heterocycles. The van der Waals surface area contributed by atoms with Crippen molar-refractivity contribution in [2.24, 2.45) is 0 Å². The highest BCUT2D eigenvalue weighted by Crippen LogP contribution is 2.28. The van der Waals surface area contributed by atoms with E-state index in [2.05, 4.69) is 70.1 Å². The second-order valence-corrected chi connectivity index (χ2v) is 5.22. The lowest BCUT2D eigenvalue weighted by Gasteiger charge is -2.22. The van der Waals surface area contributed by atoms with Gasteiger partial charge in [0.25, 0.3) is 0 Å². The molecule has 2 aromatic rings. The molecule has 90 valence electrons. The normalized spacial score (nSPS) is 13.3. The molecule has 0 aliphatic heterocycles. The van der Waals surface area contributed by atoms with Gasteiger partial charge in [0.1, 0.15) is 0 Å². The highest BCUT2D eigenvalue weighted by molar-refractivity contribution is 5.87. The molecule has 1 nitrogen and oxygen atoms in total. The maximum absolute atomic E-state index is 2.31. The van der Waals surface area contributed by atoms with E-state index in [1.807, 2.05) is 0 Å². The predicted octanol–water partition coefficient (Wildman–Crippen LogP) is 4.08. The molecule has 0 fully saturated rings. The molecular formula is C16H21N. The minimum atomic E-state index is 0.445. The lowest BCUT2D eigenvalue weighted by Crippen LogP contribution is -2.17. The highest BCUT2D eigenvalue weighted by atomic mass is 15.1. The second-order valence-electron chi connectivity index (χ2n) is 5.22. The van der Waals surface area contributed by atoms with Crippen LogP contribution in [-0.4, -0.2) is 19.0 Å². The summed E-state index contributed by atoms with van der Waals surface area (Å²) in [6.45, 7) is 6.58. The maximum atomic E-state index is 2.31. The van der Waals surface area contributed by atoms with Crippen molar-refractivity contribution >= 4 is 10.8 Å². The Kier molecular flexibility index (Phi) is 3.21. The van der Waals surface area contributed by atoms with E-state index >= 15 is 0 Å². The first-order valence-corrected chi connectivity index (χ1v) is 6.16. The van der Waals surface area contributed by atoms with Gasteiger partial charge in [0.2, 0.25) is 0 Å². The van der Waals surface area contributed by atoms with Crippen LogP contribution in [0.5, 0.6) is 0 Å². The van der Waals surface area contributed by atoms with Crippen LogP contribution < -0.4 is 0 Å². The SMILES string of the molecule is Cc1ccc2c([C@@H](C)N(C)C)cc(C)cc2c1. The summed E-state index contributed by atoms with van der Waals surface area (Å²) in [7, 11) is 4.26. The lowest BCUT2D eigenvalue weighted by molar-refractivity contribution is 0.323. The number of nitrogens with zero attached hydrogens (tertiary/aromatic N) is 1. The van der Waals surface area contributed by atoms with Crippen LogP contribution in [0, 0.1) is 13.8 Å². The summed E-state index contributed by atoms with van der Waals surface area (Å²) in [6, 6.07) is 11.7. The van der Waals surface area contributed by atoms with E-state index in [0.717, 1.165) is 0 Å². The maximum Gasteiger partial charge on any atom is 0.0320 e. The number of aryl methyl sites for hydroxylation is 2. The average Bonchev–Trinajstić information content (AvgIpc) is 2.26. The Hall–Kier alpha value is -1.34. The smallest absolute Gasteiger partial charge is 0.0320 e. The molecular weight excluding hydrogens is 206 g/mol. The van der Waals surface area contributed by atoms with Gasteiger partial charge < -0.3 is 4.90 Å². The van der Waals surface area contributed by atoms with Crippen LogP contribution in [0.1, 0.15) is 29.7 Å². The number of fused-ring (bicyclic) bond motifs is 1. The molecule has 2 rings (SSSR count). The summed E-state index contributed by atoms with van der Waals surface area (Å²) in [5.74, 6) is 0. The molecule has 17 heavy (non-hydrogen) atoms. The molecule has 1 atom stereocenters. The molecule has 0 spiro atoms. The summed E-state index contributed by atoms with van der Waals surface area (Å²) in [5, 5.41) is 2.73. The fourth-order valence-corrected chi connectivity index (χ4v) is 2.30. The van der Waals surface area contributed by atoms with E-state index in [1.165, 1.54) is 27.5 Å². The van der Waals surface area contributed by atoms with Gasteiger partial charge in [0.05, 0.1) is 0 Å².